The number of hydrogen-bond donors (Lipinski definition) is 0. The summed E-state index contributed by atoms with van der Waals surface area (Å²) in [5.41, 5.74) is 1.30. The number of rotatable bonds is 2. The molecule has 0 fully saturated rings. The molecule has 0 aliphatic rings. The summed E-state index contributed by atoms with van der Waals surface area (Å²) < 4.78 is 22.5. The van der Waals surface area contributed by atoms with Gasteiger partial charge >= 0.3 is 0 Å². The molecule has 0 atom stereocenters. The molecule has 2 rings (SSSR count). The van der Waals surface area contributed by atoms with Gasteiger partial charge in [-0.15, -0.1) is 5.10 Å². The molecular weight excluding hydrogens is 226 g/mol. The summed E-state index contributed by atoms with van der Waals surface area (Å²) in [6.07, 6.45) is 2.49. The standard InChI is InChI=1S/C10H9N3O2S/c1-16(14,15)10-12-9(7-11-13-10)8-5-3-2-4-6-8/h2-7H,1H3. The molecule has 6 heteroatoms. The maximum absolute atomic E-state index is 11.3. The van der Waals surface area contributed by atoms with Gasteiger partial charge in [0.05, 0.1) is 11.9 Å². The molecule has 0 N–H and O–H groups in total. The van der Waals surface area contributed by atoms with Gasteiger partial charge in [-0.05, 0) is 0 Å². The Morgan fingerprint density at radius 3 is 2.44 bits per heavy atom. The maximum Gasteiger partial charge on any atom is 0.267 e. The molecule has 0 bridgehead atoms. The van der Waals surface area contributed by atoms with Crippen molar-refractivity contribution < 1.29 is 8.42 Å². The van der Waals surface area contributed by atoms with Crippen LogP contribution >= 0.6 is 0 Å². The fourth-order valence-electron chi connectivity index (χ4n) is 1.19. The van der Waals surface area contributed by atoms with Gasteiger partial charge in [0.1, 0.15) is 0 Å². The molecule has 0 saturated carbocycles. The third-order valence-electron chi connectivity index (χ3n) is 1.94. The second-order valence-electron chi connectivity index (χ2n) is 3.26. The van der Waals surface area contributed by atoms with E-state index in [1.807, 2.05) is 30.3 Å². The van der Waals surface area contributed by atoms with E-state index in [1.165, 1.54) is 6.20 Å². The minimum absolute atomic E-state index is 0.256. The summed E-state index contributed by atoms with van der Waals surface area (Å²) in [6, 6.07) is 9.22. The van der Waals surface area contributed by atoms with Crippen molar-refractivity contribution in [2.24, 2.45) is 0 Å². The van der Waals surface area contributed by atoms with Crippen molar-refractivity contribution in [3.8, 4) is 11.3 Å². The van der Waals surface area contributed by atoms with Crippen molar-refractivity contribution in [3.63, 3.8) is 0 Å². The molecule has 0 saturated heterocycles. The summed E-state index contributed by atoms with van der Waals surface area (Å²) in [7, 11) is -3.42. The molecule has 2 aromatic rings. The number of sulfone groups is 1. The molecule has 5 nitrogen and oxygen atoms in total. The lowest BCUT2D eigenvalue weighted by Gasteiger charge is -2.00. The molecule has 82 valence electrons. The highest BCUT2D eigenvalue weighted by atomic mass is 32.2. The second-order valence-corrected chi connectivity index (χ2v) is 5.17. The van der Waals surface area contributed by atoms with Gasteiger partial charge in [0, 0.05) is 11.8 Å². The third-order valence-corrected chi connectivity index (χ3v) is 2.78. The van der Waals surface area contributed by atoms with Crippen LogP contribution in [0.25, 0.3) is 11.3 Å². The van der Waals surface area contributed by atoms with Crippen LogP contribution in [0.5, 0.6) is 0 Å². The van der Waals surface area contributed by atoms with E-state index >= 15 is 0 Å². The zero-order chi connectivity index (χ0) is 11.6. The summed E-state index contributed by atoms with van der Waals surface area (Å²) >= 11 is 0. The smallest absolute Gasteiger partial charge is 0.221 e. The largest absolute Gasteiger partial charge is 0.267 e. The topological polar surface area (TPSA) is 72.8 Å². The van der Waals surface area contributed by atoms with Crippen molar-refractivity contribution in [3.05, 3.63) is 36.5 Å². The second kappa shape index (κ2) is 3.97. The van der Waals surface area contributed by atoms with Crippen LogP contribution in [0.1, 0.15) is 0 Å². The van der Waals surface area contributed by atoms with Gasteiger partial charge in [0.15, 0.2) is 0 Å². The van der Waals surface area contributed by atoms with Crippen molar-refractivity contribution in [1.82, 2.24) is 15.2 Å². The van der Waals surface area contributed by atoms with Crippen molar-refractivity contribution >= 4 is 9.84 Å². The van der Waals surface area contributed by atoms with Crippen LogP contribution in [0.4, 0.5) is 0 Å². The van der Waals surface area contributed by atoms with Crippen molar-refractivity contribution in [1.29, 1.82) is 0 Å². The van der Waals surface area contributed by atoms with Gasteiger partial charge in [-0.2, -0.15) is 5.10 Å². The quantitative estimate of drug-likeness (QED) is 0.774. The van der Waals surface area contributed by atoms with Gasteiger partial charge < -0.3 is 0 Å². The Labute approximate surface area is 93.1 Å². The van der Waals surface area contributed by atoms with Crippen LogP contribution in [-0.4, -0.2) is 29.9 Å². The average Bonchev–Trinajstić information content (AvgIpc) is 2.29. The van der Waals surface area contributed by atoms with Gasteiger partial charge in [-0.1, -0.05) is 30.3 Å². The number of hydrogen-bond acceptors (Lipinski definition) is 5. The first kappa shape index (κ1) is 10.7. The molecule has 0 aliphatic heterocycles. The SMILES string of the molecule is CS(=O)(=O)c1nncc(-c2ccccc2)n1. The first-order valence-corrected chi connectivity index (χ1v) is 6.42. The Kier molecular flexibility index (Phi) is 2.66. The van der Waals surface area contributed by atoms with Crippen molar-refractivity contribution in [2.45, 2.75) is 5.16 Å². The Bertz CT molecular complexity index is 596. The van der Waals surface area contributed by atoms with Gasteiger partial charge in [-0.25, -0.2) is 13.4 Å². The van der Waals surface area contributed by atoms with Crippen LogP contribution in [-0.2, 0) is 9.84 Å². The van der Waals surface area contributed by atoms with E-state index in [1.54, 1.807) is 0 Å². The van der Waals surface area contributed by atoms with Gasteiger partial charge in [0.2, 0.25) is 9.84 Å². The number of benzene rings is 1. The molecule has 0 amide bonds. The van der Waals surface area contributed by atoms with Crippen LogP contribution in [0.15, 0.2) is 41.7 Å². The lowest BCUT2D eigenvalue weighted by atomic mass is 10.2. The summed E-state index contributed by atoms with van der Waals surface area (Å²) in [5, 5.41) is 6.87. The molecule has 1 aromatic heterocycles. The number of aromatic nitrogens is 3. The third kappa shape index (κ3) is 2.22. The first-order chi connectivity index (χ1) is 7.57. The molecule has 1 aromatic carbocycles. The Morgan fingerprint density at radius 1 is 1.12 bits per heavy atom. The molecule has 0 radical (unpaired) electrons. The van der Waals surface area contributed by atoms with Crippen LogP contribution in [0.3, 0.4) is 0 Å². The van der Waals surface area contributed by atoms with E-state index in [9.17, 15) is 8.42 Å². The Balaban J connectivity index is 2.53. The highest BCUT2D eigenvalue weighted by Crippen LogP contribution is 2.15. The fourth-order valence-corrected chi connectivity index (χ4v) is 1.65. The van der Waals surface area contributed by atoms with E-state index in [2.05, 4.69) is 15.2 Å². The number of nitrogens with zero attached hydrogens (tertiary/aromatic N) is 3. The molecule has 0 aliphatic carbocycles. The molecule has 1 heterocycles. The minimum atomic E-state index is -3.42. The normalized spacial score (nSPS) is 11.3. The van der Waals surface area contributed by atoms with E-state index in [0.717, 1.165) is 11.8 Å². The minimum Gasteiger partial charge on any atom is -0.221 e. The Morgan fingerprint density at radius 2 is 1.81 bits per heavy atom. The predicted octanol–water partition coefficient (Wildman–Crippen LogP) is 0.942. The van der Waals surface area contributed by atoms with E-state index < -0.39 is 9.84 Å². The van der Waals surface area contributed by atoms with E-state index in [4.69, 9.17) is 0 Å². The molecule has 0 spiro atoms. The molecular formula is C10H9N3O2S. The summed E-state index contributed by atoms with van der Waals surface area (Å²) in [4.78, 5) is 3.95. The highest BCUT2D eigenvalue weighted by molar-refractivity contribution is 7.90. The zero-order valence-corrected chi connectivity index (χ0v) is 9.35. The predicted molar refractivity (Wildman–Crippen MR) is 58.4 cm³/mol. The van der Waals surface area contributed by atoms with Gasteiger partial charge in [0.25, 0.3) is 5.16 Å². The molecule has 16 heavy (non-hydrogen) atoms. The van der Waals surface area contributed by atoms with Crippen molar-refractivity contribution in [2.75, 3.05) is 6.26 Å². The lowest BCUT2D eigenvalue weighted by molar-refractivity contribution is 0.589. The maximum atomic E-state index is 11.3. The lowest BCUT2D eigenvalue weighted by Crippen LogP contribution is -2.06. The van der Waals surface area contributed by atoms with Gasteiger partial charge in [-0.3, -0.25) is 0 Å². The fraction of sp³-hybridized carbons (Fsp3) is 0.100. The first-order valence-electron chi connectivity index (χ1n) is 4.52. The van der Waals surface area contributed by atoms with Crippen LogP contribution < -0.4 is 0 Å². The van der Waals surface area contributed by atoms with E-state index in [-0.39, 0.29) is 5.16 Å². The van der Waals surface area contributed by atoms with E-state index in [0.29, 0.717) is 5.69 Å². The average molecular weight is 235 g/mol. The molecule has 0 unspecified atom stereocenters. The zero-order valence-electron chi connectivity index (χ0n) is 8.53. The summed E-state index contributed by atoms with van der Waals surface area (Å²) in [5.74, 6) is 0. The highest BCUT2D eigenvalue weighted by Gasteiger charge is 2.12. The van der Waals surface area contributed by atoms with Crippen LogP contribution in [0.2, 0.25) is 0 Å². The summed E-state index contributed by atoms with van der Waals surface area (Å²) in [6.45, 7) is 0. The monoisotopic (exact) mass is 235 g/mol. The Hall–Kier alpha value is -1.82. The van der Waals surface area contributed by atoms with Crippen LogP contribution in [0, 0.1) is 0 Å².